The molecule has 0 N–H and O–H groups in total. The molecule has 118 valence electrons. The fraction of sp³-hybridized carbons (Fsp3) is 0.0400. The summed E-state index contributed by atoms with van der Waals surface area (Å²) in [4.78, 5) is 0. The van der Waals surface area contributed by atoms with Gasteiger partial charge in [-0.05, 0) is 56.4 Å². The molecule has 0 fully saturated rings. The second-order valence-electron chi connectivity index (χ2n) is 6.72. The maximum Gasteiger partial charge on any atom is -0.00266 e. The lowest BCUT2D eigenvalue weighted by molar-refractivity contribution is 1.51. The van der Waals surface area contributed by atoms with Crippen molar-refractivity contribution >= 4 is 32.3 Å². The molecule has 0 unspecified atom stereocenters. The first-order chi connectivity index (χ1) is 12.3. The van der Waals surface area contributed by atoms with Crippen molar-refractivity contribution in [3.63, 3.8) is 0 Å². The van der Waals surface area contributed by atoms with Crippen LogP contribution in [0.2, 0.25) is 0 Å². The highest BCUT2D eigenvalue weighted by atomic mass is 14.1. The summed E-state index contributed by atoms with van der Waals surface area (Å²) in [6.45, 7) is 2.15. The first-order valence-corrected chi connectivity index (χ1v) is 8.71. The highest BCUT2D eigenvalue weighted by molar-refractivity contribution is 6.20. The molecule has 0 heterocycles. The molecule has 5 aromatic carbocycles. The van der Waals surface area contributed by atoms with Crippen molar-refractivity contribution in [2.24, 2.45) is 0 Å². The molecular formula is C25H18. The van der Waals surface area contributed by atoms with E-state index in [1.165, 1.54) is 49.0 Å². The Morgan fingerprint density at radius 3 is 2.08 bits per heavy atom. The maximum absolute atomic E-state index is 2.34. The topological polar surface area (TPSA) is 0 Å². The Bertz CT molecular complexity index is 1230. The number of benzene rings is 5. The van der Waals surface area contributed by atoms with Gasteiger partial charge in [0.05, 0.1) is 0 Å². The number of rotatable bonds is 1. The summed E-state index contributed by atoms with van der Waals surface area (Å²) in [6.07, 6.45) is 0. The molecule has 0 amide bonds. The first-order valence-electron chi connectivity index (χ1n) is 8.71. The molecule has 5 aromatic rings. The molecule has 5 rings (SSSR count). The molecule has 0 saturated heterocycles. The van der Waals surface area contributed by atoms with Crippen molar-refractivity contribution in [3.8, 4) is 11.1 Å². The third-order valence-electron chi connectivity index (χ3n) is 5.08. The van der Waals surface area contributed by atoms with Gasteiger partial charge in [-0.3, -0.25) is 0 Å². The van der Waals surface area contributed by atoms with Crippen LogP contribution in [0.25, 0.3) is 43.4 Å². The van der Waals surface area contributed by atoms with Crippen LogP contribution < -0.4 is 0 Å². The predicted molar refractivity (Wildman–Crippen MR) is 109 cm³/mol. The highest BCUT2D eigenvalue weighted by Gasteiger charge is 2.11. The molecule has 0 heteroatoms. The van der Waals surface area contributed by atoms with Crippen molar-refractivity contribution in [1.29, 1.82) is 0 Å². The summed E-state index contributed by atoms with van der Waals surface area (Å²) < 4.78 is 0. The van der Waals surface area contributed by atoms with Crippen LogP contribution in [-0.4, -0.2) is 0 Å². The molecule has 0 aliphatic carbocycles. The van der Waals surface area contributed by atoms with E-state index < -0.39 is 0 Å². The summed E-state index contributed by atoms with van der Waals surface area (Å²) in [5, 5.41) is 7.89. The van der Waals surface area contributed by atoms with Crippen LogP contribution in [0.1, 0.15) is 5.56 Å². The van der Waals surface area contributed by atoms with Crippen LogP contribution in [0.15, 0.2) is 91.0 Å². The lowest BCUT2D eigenvalue weighted by Gasteiger charge is -2.14. The van der Waals surface area contributed by atoms with Gasteiger partial charge in [-0.2, -0.15) is 0 Å². The third-order valence-corrected chi connectivity index (χ3v) is 5.08. The molecule has 25 heavy (non-hydrogen) atoms. The van der Waals surface area contributed by atoms with Crippen molar-refractivity contribution in [1.82, 2.24) is 0 Å². The van der Waals surface area contributed by atoms with Crippen LogP contribution in [0.5, 0.6) is 0 Å². The Morgan fingerprint density at radius 1 is 0.480 bits per heavy atom. The molecule has 0 aliphatic heterocycles. The van der Waals surface area contributed by atoms with E-state index in [1.807, 2.05) is 0 Å². The second kappa shape index (κ2) is 5.46. The van der Waals surface area contributed by atoms with Crippen molar-refractivity contribution in [2.45, 2.75) is 6.92 Å². The van der Waals surface area contributed by atoms with Gasteiger partial charge >= 0.3 is 0 Å². The summed E-state index contributed by atoms with van der Waals surface area (Å²) in [5.74, 6) is 0. The quantitative estimate of drug-likeness (QED) is 0.228. The zero-order chi connectivity index (χ0) is 16.8. The second-order valence-corrected chi connectivity index (χ2v) is 6.72. The Hall–Kier alpha value is -3.12. The minimum Gasteiger partial charge on any atom is -0.0622 e. The Balaban J connectivity index is 2.03. The average Bonchev–Trinajstić information content (AvgIpc) is 2.66. The van der Waals surface area contributed by atoms with Crippen LogP contribution >= 0.6 is 0 Å². The van der Waals surface area contributed by atoms with E-state index in [2.05, 4.69) is 97.9 Å². The number of hydrogen-bond acceptors (Lipinski definition) is 0. The van der Waals surface area contributed by atoms with Crippen molar-refractivity contribution in [2.75, 3.05) is 0 Å². The van der Waals surface area contributed by atoms with Gasteiger partial charge in [0.15, 0.2) is 0 Å². The molecule has 0 aromatic heterocycles. The Labute approximate surface area is 147 Å². The Kier molecular flexibility index (Phi) is 3.11. The molecule has 0 bridgehead atoms. The number of fused-ring (bicyclic) bond motifs is 4. The summed E-state index contributed by atoms with van der Waals surface area (Å²) >= 11 is 0. The minimum atomic E-state index is 1.27. The molecule has 0 spiro atoms. The molecule has 0 radical (unpaired) electrons. The van der Waals surface area contributed by atoms with Gasteiger partial charge in [-0.15, -0.1) is 0 Å². The van der Waals surface area contributed by atoms with Gasteiger partial charge < -0.3 is 0 Å². The zero-order valence-corrected chi connectivity index (χ0v) is 14.2. The van der Waals surface area contributed by atoms with Crippen molar-refractivity contribution in [3.05, 3.63) is 96.6 Å². The molecule has 0 saturated carbocycles. The normalized spacial score (nSPS) is 11.4. The first kappa shape index (κ1) is 14.2. The maximum atomic E-state index is 2.34. The fourth-order valence-electron chi connectivity index (χ4n) is 3.91. The molecule has 0 atom stereocenters. The van der Waals surface area contributed by atoms with E-state index in [9.17, 15) is 0 Å². The number of hydrogen-bond donors (Lipinski definition) is 0. The van der Waals surface area contributed by atoms with E-state index in [1.54, 1.807) is 0 Å². The van der Waals surface area contributed by atoms with Crippen LogP contribution in [0.4, 0.5) is 0 Å². The SMILES string of the molecule is Cc1ccc2c(ccc3c(-c4ccccc4)c4ccccc4cc32)c1. The number of aryl methyl sites for hydroxylation is 1. The lowest BCUT2D eigenvalue weighted by Crippen LogP contribution is -1.87. The van der Waals surface area contributed by atoms with Crippen LogP contribution in [-0.2, 0) is 0 Å². The smallest absolute Gasteiger partial charge is 0.00266 e. The van der Waals surface area contributed by atoms with Gasteiger partial charge in [-0.1, -0.05) is 90.5 Å². The predicted octanol–water partition coefficient (Wildman–Crippen LogP) is 7.12. The molecule has 0 aliphatic rings. The lowest BCUT2D eigenvalue weighted by atomic mass is 9.89. The van der Waals surface area contributed by atoms with E-state index in [0.717, 1.165) is 0 Å². The molecular weight excluding hydrogens is 300 g/mol. The summed E-state index contributed by atoms with van der Waals surface area (Å²) in [6, 6.07) is 33.1. The summed E-state index contributed by atoms with van der Waals surface area (Å²) in [5.41, 5.74) is 3.91. The largest absolute Gasteiger partial charge is 0.0622 e. The highest BCUT2D eigenvalue weighted by Crippen LogP contribution is 2.39. The zero-order valence-electron chi connectivity index (χ0n) is 14.2. The van der Waals surface area contributed by atoms with E-state index >= 15 is 0 Å². The monoisotopic (exact) mass is 318 g/mol. The van der Waals surface area contributed by atoms with Gasteiger partial charge in [0, 0.05) is 0 Å². The summed E-state index contributed by atoms with van der Waals surface area (Å²) in [7, 11) is 0. The minimum absolute atomic E-state index is 1.27. The van der Waals surface area contributed by atoms with Gasteiger partial charge in [0.25, 0.3) is 0 Å². The standard InChI is InChI=1S/C25H18/c1-17-11-13-21-20(15-17)12-14-23-24(21)16-19-9-5-6-10-22(19)25(23)18-7-3-2-4-8-18/h2-16H,1H3. The third kappa shape index (κ3) is 2.22. The average molecular weight is 318 g/mol. The van der Waals surface area contributed by atoms with Crippen LogP contribution in [0, 0.1) is 6.92 Å². The van der Waals surface area contributed by atoms with E-state index in [-0.39, 0.29) is 0 Å². The fourth-order valence-corrected chi connectivity index (χ4v) is 3.91. The van der Waals surface area contributed by atoms with E-state index in [4.69, 9.17) is 0 Å². The van der Waals surface area contributed by atoms with Gasteiger partial charge in [-0.25, -0.2) is 0 Å². The van der Waals surface area contributed by atoms with Gasteiger partial charge in [0.2, 0.25) is 0 Å². The van der Waals surface area contributed by atoms with Crippen LogP contribution in [0.3, 0.4) is 0 Å². The van der Waals surface area contributed by atoms with Gasteiger partial charge in [0.1, 0.15) is 0 Å². The molecule has 0 nitrogen and oxygen atoms in total. The Morgan fingerprint density at radius 2 is 1.20 bits per heavy atom. The van der Waals surface area contributed by atoms with Crippen molar-refractivity contribution < 1.29 is 0 Å². The van der Waals surface area contributed by atoms with E-state index in [0.29, 0.717) is 0 Å².